The van der Waals surface area contributed by atoms with Crippen LogP contribution in [0.4, 0.5) is 5.82 Å². The molecule has 21 heavy (non-hydrogen) atoms. The van der Waals surface area contributed by atoms with Gasteiger partial charge in [-0.1, -0.05) is 13.0 Å². The maximum atomic E-state index is 5.42. The van der Waals surface area contributed by atoms with E-state index in [1.54, 1.807) is 0 Å². The van der Waals surface area contributed by atoms with Gasteiger partial charge in [-0.2, -0.15) is 0 Å². The molecule has 0 radical (unpaired) electrons. The molecule has 114 valence electrons. The number of pyridine rings is 1. The van der Waals surface area contributed by atoms with Crippen LogP contribution in [0.15, 0.2) is 18.3 Å². The normalized spacial score (nSPS) is 31.2. The van der Waals surface area contributed by atoms with Crippen LogP contribution in [0.1, 0.15) is 25.3 Å². The minimum atomic E-state index is 0.394. The van der Waals surface area contributed by atoms with Crippen molar-refractivity contribution in [1.29, 1.82) is 0 Å². The molecule has 2 atom stereocenters. The largest absolute Gasteiger partial charge is 0.380 e. The van der Waals surface area contributed by atoms with Crippen LogP contribution in [0.5, 0.6) is 0 Å². The summed E-state index contributed by atoms with van der Waals surface area (Å²) in [6.07, 6.45) is 4.66. The second-order valence-corrected chi connectivity index (χ2v) is 7.46. The van der Waals surface area contributed by atoms with Gasteiger partial charge in [0.25, 0.3) is 0 Å². The van der Waals surface area contributed by atoms with Crippen LogP contribution in [-0.2, 0) is 4.74 Å². The number of ether oxygens (including phenoxy) is 1. The summed E-state index contributed by atoms with van der Waals surface area (Å²) in [6.45, 7) is 9.80. The van der Waals surface area contributed by atoms with Crippen molar-refractivity contribution >= 4 is 5.82 Å². The van der Waals surface area contributed by atoms with Gasteiger partial charge in [0.1, 0.15) is 5.82 Å². The number of aryl methyl sites for hydroxylation is 1. The predicted octanol–water partition coefficient (Wildman–Crippen LogP) is 2.08. The van der Waals surface area contributed by atoms with Gasteiger partial charge in [-0.25, -0.2) is 4.98 Å². The average molecular weight is 287 g/mol. The summed E-state index contributed by atoms with van der Waals surface area (Å²) >= 11 is 0. The van der Waals surface area contributed by atoms with Crippen LogP contribution in [0, 0.1) is 12.3 Å². The van der Waals surface area contributed by atoms with E-state index in [4.69, 9.17) is 4.74 Å². The van der Waals surface area contributed by atoms with Gasteiger partial charge in [0.2, 0.25) is 0 Å². The van der Waals surface area contributed by atoms with Gasteiger partial charge in [0.15, 0.2) is 0 Å². The fraction of sp³-hybridized carbons (Fsp3) is 0.706. The topological polar surface area (TPSA) is 28.6 Å². The van der Waals surface area contributed by atoms with Crippen molar-refractivity contribution in [3.63, 3.8) is 0 Å². The highest BCUT2D eigenvalue weighted by atomic mass is 16.5. The first-order valence-electron chi connectivity index (χ1n) is 8.14. The molecule has 0 saturated carbocycles. The fourth-order valence-electron chi connectivity index (χ4n) is 4.07. The highest BCUT2D eigenvalue weighted by Crippen LogP contribution is 2.37. The third-order valence-corrected chi connectivity index (χ3v) is 5.32. The second-order valence-electron chi connectivity index (χ2n) is 7.46. The molecule has 2 unspecified atom stereocenters. The second kappa shape index (κ2) is 4.96. The minimum Gasteiger partial charge on any atom is -0.380 e. The van der Waals surface area contributed by atoms with Gasteiger partial charge >= 0.3 is 0 Å². The first-order chi connectivity index (χ1) is 10.1. The lowest BCUT2D eigenvalue weighted by Gasteiger charge is -2.48. The molecular weight excluding hydrogens is 262 g/mol. The van der Waals surface area contributed by atoms with Crippen molar-refractivity contribution in [2.24, 2.45) is 5.41 Å². The molecule has 0 amide bonds. The van der Waals surface area contributed by atoms with E-state index in [1.165, 1.54) is 24.9 Å². The van der Waals surface area contributed by atoms with E-state index >= 15 is 0 Å². The van der Waals surface area contributed by atoms with E-state index in [-0.39, 0.29) is 0 Å². The van der Waals surface area contributed by atoms with Crippen LogP contribution in [0.25, 0.3) is 0 Å². The maximum absolute atomic E-state index is 5.42. The van der Waals surface area contributed by atoms with Gasteiger partial charge in [-0.05, 0) is 31.4 Å². The van der Waals surface area contributed by atoms with E-state index in [0.717, 1.165) is 32.1 Å². The van der Waals surface area contributed by atoms with Crippen LogP contribution >= 0.6 is 0 Å². The number of rotatable bonds is 3. The summed E-state index contributed by atoms with van der Waals surface area (Å²) in [6, 6.07) is 5.74. The Balaban J connectivity index is 1.46. The zero-order valence-corrected chi connectivity index (χ0v) is 13.1. The lowest BCUT2D eigenvalue weighted by molar-refractivity contribution is -0.120. The zero-order chi connectivity index (χ0) is 14.4. The first-order valence-corrected chi connectivity index (χ1v) is 8.14. The van der Waals surface area contributed by atoms with Gasteiger partial charge in [-0.3, -0.25) is 4.90 Å². The van der Waals surface area contributed by atoms with Gasteiger partial charge in [-0.15, -0.1) is 0 Å². The van der Waals surface area contributed by atoms with Crippen LogP contribution in [-0.4, -0.2) is 54.8 Å². The zero-order valence-electron chi connectivity index (χ0n) is 13.1. The van der Waals surface area contributed by atoms with Crippen LogP contribution < -0.4 is 4.90 Å². The Morgan fingerprint density at radius 2 is 1.95 bits per heavy atom. The first kappa shape index (κ1) is 13.5. The molecule has 0 N–H and O–H groups in total. The van der Waals surface area contributed by atoms with E-state index < -0.39 is 0 Å². The van der Waals surface area contributed by atoms with Crippen LogP contribution in [0.2, 0.25) is 0 Å². The Bertz CT molecular complexity index is 497. The number of nitrogens with zero attached hydrogens (tertiary/aromatic N) is 3. The molecule has 0 aliphatic carbocycles. The predicted molar refractivity (Wildman–Crippen MR) is 83.6 cm³/mol. The van der Waals surface area contributed by atoms with Crippen molar-refractivity contribution < 1.29 is 4.74 Å². The molecule has 3 aliphatic rings. The third kappa shape index (κ3) is 2.44. The SMILES string of the molecule is Cc1ccc(N2CC3CCC(C2)N3CC2(C)COC2)nc1. The number of anilines is 1. The Morgan fingerprint density at radius 1 is 1.24 bits per heavy atom. The molecule has 0 aromatic carbocycles. The van der Waals surface area contributed by atoms with E-state index in [9.17, 15) is 0 Å². The molecule has 0 spiro atoms. The van der Waals surface area contributed by atoms with Gasteiger partial charge < -0.3 is 9.64 Å². The summed E-state index contributed by atoms with van der Waals surface area (Å²) < 4.78 is 5.42. The lowest BCUT2D eigenvalue weighted by Crippen LogP contribution is -2.59. The quantitative estimate of drug-likeness (QED) is 0.851. The Labute approximate surface area is 127 Å². The summed E-state index contributed by atoms with van der Waals surface area (Å²) in [5.41, 5.74) is 1.63. The molecule has 4 heteroatoms. The highest BCUT2D eigenvalue weighted by Gasteiger charge is 2.45. The third-order valence-electron chi connectivity index (χ3n) is 5.32. The van der Waals surface area contributed by atoms with Gasteiger partial charge in [0, 0.05) is 43.3 Å². The van der Waals surface area contributed by atoms with Crippen molar-refractivity contribution in [3.05, 3.63) is 23.9 Å². The van der Waals surface area contributed by atoms with Crippen molar-refractivity contribution in [2.45, 2.75) is 38.8 Å². The number of piperazine rings is 1. The molecule has 3 fully saturated rings. The minimum absolute atomic E-state index is 0.394. The molecular formula is C17H25N3O. The Morgan fingerprint density at radius 3 is 2.48 bits per heavy atom. The fourth-order valence-corrected chi connectivity index (χ4v) is 4.07. The number of hydrogen-bond donors (Lipinski definition) is 0. The standard InChI is InChI=1S/C17H25N3O/c1-13-3-6-16(18-7-13)19-8-14-4-5-15(9-19)20(14)10-17(2)11-21-12-17/h3,6-7,14-15H,4-5,8-12H2,1-2H3. The molecule has 1 aromatic rings. The average Bonchev–Trinajstić information content (AvgIpc) is 2.68. The van der Waals surface area contributed by atoms with Crippen LogP contribution in [0.3, 0.4) is 0 Å². The number of aromatic nitrogens is 1. The Kier molecular flexibility index (Phi) is 3.19. The monoisotopic (exact) mass is 287 g/mol. The molecule has 1 aromatic heterocycles. The summed E-state index contributed by atoms with van der Waals surface area (Å²) in [5, 5.41) is 0. The smallest absolute Gasteiger partial charge is 0.128 e. The van der Waals surface area contributed by atoms with Crippen molar-refractivity contribution in [3.8, 4) is 0 Å². The van der Waals surface area contributed by atoms with Gasteiger partial charge in [0.05, 0.1) is 13.2 Å². The molecule has 4 rings (SSSR count). The molecule has 4 heterocycles. The summed E-state index contributed by atoms with van der Waals surface area (Å²) in [4.78, 5) is 9.85. The maximum Gasteiger partial charge on any atom is 0.128 e. The van der Waals surface area contributed by atoms with E-state index in [1.807, 2.05) is 6.20 Å². The van der Waals surface area contributed by atoms with E-state index in [2.05, 4.69) is 40.8 Å². The molecule has 3 saturated heterocycles. The molecule has 2 bridgehead atoms. The van der Waals surface area contributed by atoms with E-state index in [0.29, 0.717) is 17.5 Å². The number of fused-ring (bicyclic) bond motifs is 2. The molecule has 4 nitrogen and oxygen atoms in total. The summed E-state index contributed by atoms with van der Waals surface area (Å²) in [7, 11) is 0. The molecule has 3 aliphatic heterocycles. The lowest BCUT2D eigenvalue weighted by atomic mass is 9.87. The van der Waals surface area contributed by atoms with Crippen molar-refractivity contribution in [1.82, 2.24) is 9.88 Å². The number of hydrogen-bond acceptors (Lipinski definition) is 4. The van der Waals surface area contributed by atoms with Crippen molar-refractivity contribution in [2.75, 3.05) is 37.7 Å². The highest BCUT2D eigenvalue weighted by molar-refractivity contribution is 5.41. The summed E-state index contributed by atoms with van der Waals surface area (Å²) in [5.74, 6) is 1.15. The Hall–Kier alpha value is -1.13.